The Morgan fingerprint density at radius 1 is 1.21 bits per heavy atom. The molecule has 4 rings (SSSR count). The Balaban J connectivity index is 1.37. The van der Waals surface area contributed by atoms with Crippen LogP contribution in [0.4, 0.5) is 10.5 Å². The number of nitrogens with zero attached hydrogens (tertiary/aromatic N) is 7. The number of urea groups is 1. The Kier molecular flexibility index (Phi) is 4.96. The maximum atomic E-state index is 12.7. The van der Waals surface area contributed by atoms with Crippen molar-refractivity contribution in [1.82, 2.24) is 35.1 Å². The van der Waals surface area contributed by atoms with Crippen molar-refractivity contribution in [1.29, 1.82) is 0 Å². The molecule has 0 bridgehead atoms. The summed E-state index contributed by atoms with van der Waals surface area (Å²) in [6.07, 6.45) is 3.59. The molecule has 1 aliphatic rings. The van der Waals surface area contributed by atoms with Crippen molar-refractivity contribution in [2.45, 2.75) is 25.7 Å². The summed E-state index contributed by atoms with van der Waals surface area (Å²) in [5.74, 6) is 1.69. The third-order valence-electron chi connectivity index (χ3n) is 4.88. The molecule has 1 aromatic carbocycles. The summed E-state index contributed by atoms with van der Waals surface area (Å²) < 4.78 is 0. The largest absolute Gasteiger partial charge is 0.324 e. The standard InChI is InChI=1S/C19H22N8O/c1-13-20-9-6-17(21-13)14-7-10-27(11-8-14)19(28)22-16-5-3-4-15(12-16)18-23-25-26(2)24-18/h3-6,9,12,14H,7-8,10-11H2,1-2H3,(H,22,28). The minimum Gasteiger partial charge on any atom is -0.324 e. The van der Waals surface area contributed by atoms with Crippen molar-refractivity contribution in [2.75, 3.05) is 18.4 Å². The van der Waals surface area contributed by atoms with E-state index in [1.165, 1.54) is 4.80 Å². The molecule has 0 atom stereocenters. The summed E-state index contributed by atoms with van der Waals surface area (Å²) in [7, 11) is 1.72. The monoisotopic (exact) mass is 378 g/mol. The van der Waals surface area contributed by atoms with Gasteiger partial charge in [-0.25, -0.2) is 14.8 Å². The van der Waals surface area contributed by atoms with Gasteiger partial charge in [-0.2, -0.15) is 4.80 Å². The molecule has 0 aliphatic carbocycles. The highest BCUT2D eigenvalue weighted by Crippen LogP contribution is 2.27. The molecule has 0 spiro atoms. The number of tetrazole rings is 1. The number of nitrogens with one attached hydrogen (secondary N) is 1. The maximum absolute atomic E-state index is 12.7. The lowest BCUT2D eigenvalue weighted by Gasteiger charge is -2.31. The van der Waals surface area contributed by atoms with Crippen LogP contribution >= 0.6 is 0 Å². The molecule has 3 aromatic rings. The van der Waals surface area contributed by atoms with Gasteiger partial charge in [0.15, 0.2) is 0 Å². The second kappa shape index (κ2) is 7.71. The van der Waals surface area contributed by atoms with Crippen LogP contribution in [0, 0.1) is 6.92 Å². The molecule has 0 radical (unpaired) electrons. The van der Waals surface area contributed by atoms with E-state index >= 15 is 0 Å². The molecule has 0 unspecified atom stereocenters. The average Bonchev–Trinajstić information content (AvgIpc) is 3.15. The highest BCUT2D eigenvalue weighted by molar-refractivity contribution is 5.90. The first-order valence-electron chi connectivity index (χ1n) is 9.28. The van der Waals surface area contributed by atoms with Crippen molar-refractivity contribution < 1.29 is 4.79 Å². The zero-order chi connectivity index (χ0) is 19.5. The lowest BCUT2D eigenvalue weighted by Crippen LogP contribution is -2.40. The number of rotatable bonds is 3. The molecular formula is C19H22N8O. The predicted molar refractivity (Wildman–Crippen MR) is 104 cm³/mol. The number of amides is 2. The van der Waals surface area contributed by atoms with E-state index in [9.17, 15) is 4.79 Å². The van der Waals surface area contributed by atoms with Crippen molar-refractivity contribution in [3.05, 3.63) is 48.0 Å². The molecule has 2 amide bonds. The van der Waals surface area contributed by atoms with Crippen molar-refractivity contribution in [3.63, 3.8) is 0 Å². The Hall–Kier alpha value is -3.36. The van der Waals surface area contributed by atoms with Crippen LogP contribution in [0.25, 0.3) is 11.4 Å². The van der Waals surface area contributed by atoms with Gasteiger partial charge in [-0.3, -0.25) is 0 Å². The maximum Gasteiger partial charge on any atom is 0.321 e. The lowest BCUT2D eigenvalue weighted by atomic mass is 9.93. The third kappa shape index (κ3) is 3.98. The molecule has 1 aliphatic heterocycles. The topological polar surface area (TPSA) is 102 Å². The van der Waals surface area contributed by atoms with E-state index in [1.807, 2.05) is 42.2 Å². The van der Waals surface area contributed by atoms with Crippen LogP contribution in [0.15, 0.2) is 36.5 Å². The predicted octanol–water partition coefficient (Wildman–Crippen LogP) is 2.39. The van der Waals surface area contributed by atoms with E-state index in [-0.39, 0.29) is 6.03 Å². The van der Waals surface area contributed by atoms with Crippen LogP contribution in [0.1, 0.15) is 30.3 Å². The molecule has 0 saturated carbocycles. The number of hydrogen-bond acceptors (Lipinski definition) is 6. The minimum absolute atomic E-state index is 0.0958. The van der Waals surface area contributed by atoms with Crippen LogP contribution in [0.5, 0.6) is 0 Å². The van der Waals surface area contributed by atoms with Crippen LogP contribution in [0.3, 0.4) is 0 Å². The van der Waals surface area contributed by atoms with E-state index in [0.717, 1.165) is 29.9 Å². The van der Waals surface area contributed by atoms with Crippen LogP contribution in [0.2, 0.25) is 0 Å². The second-order valence-electron chi connectivity index (χ2n) is 6.90. The van der Waals surface area contributed by atoms with Crippen LogP contribution in [-0.4, -0.2) is 54.2 Å². The summed E-state index contributed by atoms with van der Waals surface area (Å²) >= 11 is 0. The summed E-state index contributed by atoms with van der Waals surface area (Å²) in [4.78, 5) is 24.6. The van der Waals surface area contributed by atoms with E-state index in [1.54, 1.807) is 13.2 Å². The quantitative estimate of drug-likeness (QED) is 0.751. The molecule has 2 aromatic heterocycles. The average molecular weight is 378 g/mol. The fraction of sp³-hybridized carbons (Fsp3) is 0.368. The molecular weight excluding hydrogens is 356 g/mol. The summed E-state index contributed by atoms with van der Waals surface area (Å²) in [6.45, 7) is 3.30. The number of benzene rings is 1. The number of anilines is 1. The Morgan fingerprint density at radius 3 is 2.75 bits per heavy atom. The zero-order valence-electron chi connectivity index (χ0n) is 15.9. The number of carbonyl (C=O) groups is 1. The van der Waals surface area contributed by atoms with Gasteiger partial charge in [-0.15, -0.1) is 10.2 Å². The van der Waals surface area contributed by atoms with Gasteiger partial charge in [0.2, 0.25) is 5.82 Å². The van der Waals surface area contributed by atoms with Gasteiger partial charge in [0, 0.05) is 42.1 Å². The van der Waals surface area contributed by atoms with Crippen molar-refractivity contribution in [3.8, 4) is 11.4 Å². The van der Waals surface area contributed by atoms with Gasteiger partial charge in [0.1, 0.15) is 5.82 Å². The Bertz CT molecular complexity index is 977. The van der Waals surface area contributed by atoms with E-state index < -0.39 is 0 Å². The number of aromatic nitrogens is 6. The normalized spacial score (nSPS) is 14.9. The number of carbonyl (C=O) groups excluding carboxylic acids is 1. The SMILES string of the molecule is Cc1nccc(C2CCN(C(=O)Nc3cccc(-c4nnn(C)n4)c3)CC2)n1. The minimum atomic E-state index is -0.0958. The van der Waals surface area contributed by atoms with Gasteiger partial charge in [0.05, 0.1) is 7.05 Å². The zero-order valence-corrected chi connectivity index (χ0v) is 15.9. The molecule has 1 N–H and O–H groups in total. The highest BCUT2D eigenvalue weighted by atomic mass is 16.2. The summed E-state index contributed by atoms with van der Waals surface area (Å²) in [6, 6.07) is 9.34. The van der Waals surface area contributed by atoms with E-state index in [0.29, 0.717) is 30.5 Å². The fourth-order valence-electron chi connectivity index (χ4n) is 3.42. The summed E-state index contributed by atoms with van der Waals surface area (Å²) in [5, 5.41) is 15.0. The third-order valence-corrected chi connectivity index (χ3v) is 4.88. The number of likely N-dealkylation sites (tertiary alicyclic amines) is 1. The molecule has 9 nitrogen and oxygen atoms in total. The van der Waals surface area contributed by atoms with Crippen LogP contribution in [-0.2, 0) is 7.05 Å². The fourth-order valence-corrected chi connectivity index (χ4v) is 3.42. The molecule has 3 heterocycles. The molecule has 28 heavy (non-hydrogen) atoms. The van der Waals surface area contributed by atoms with Gasteiger partial charge in [-0.05, 0) is 43.2 Å². The van der Waals surface area contributed by atoms with Gasteiger partial charge in [-0.1, -0.05) is 12.1 Å². The first-order valence-corrected chi connectivity index (χ1v) is 9.28. The number of aryl methyl sites for hydroxylation is 2. The number of piperidine rings is 1. The van der Waals surface area contributed by atoms with Gasteiger partial charge < -0.3 is 10.2 Å². The molecule has 9 heteroatoms. The van der Waals surface area contributed by atoms with Gasteiger partial charge in [0.25, 0.3) is 0 Å². The Labute approximate surface area is 162 Å². The van der Waals surface area contributed by atoms with Crippen molar-refractivity contribution >= 4 is 11.7 Å². The Morgan fingerprint density at radius 2 is 2.04 bits per heavy atom. The molecule has 1 fully saturated rings. The second-order valence-corrected chi connectivity index (χ2v) is 6.90. The van der Waals surface area contributed by atoms with Gasteiger partial charge >= 0.3 is 6.03 Å². The first kappa shape index (κ1) is 18.0. The summed E-state index contributed by atoms with van der Waals surface area (Å²) in [5.41, 5.74) is 2.59. The lowest BCUT2D eigenvalue weighted by molar-refractivity contribution is 0.194. The molecule has 144 valence electrons. The van der Waals surface area contributed by atoms with Crippen LogP contribution < -0.4 is 5.32 Å². The first-order chi connectivity index (χ1) is 13.6. The highest BCUT2D eigenvalue weighted by Gasteiger charge is 2.25. The van der Waals surface area contributed by atoms with E-state index in [4.69, 9.17) is 0 Å². The van der Waals surface area contributed by atoms with E-state index in [2.05, 4.69) is 30.7 Å². The number of hydrogen-bond donors (Lipinski definition) is 1. The molecule has 1 saturated heterocycles. The van der Waals surface area contributed by atoms with Crippen molar-refractivity contribution in [2.24, 2.45) is 7.05 Å². The smallest absolute Gasteiger partial charge is 0.321 e.